The van der Waals surface area contributed by atoms with Crippen LogP contribution in [0, 0.1) is 0 Å². The number of sulfonamides is 1. The Balaban J connectivity index is 3.09. The Morgan fingerprint density at radius 1 is 1.25 bits per heavy atom. The van der Waals surface area contributed by atoms with Crippen molar-refractivity contribution in [2.24, 2.45) is 0 Å². The molecule has 1 aromatic rings. The molecule has 0 heterocycles. The van der Waals surface area contributed by atoms with Crippen LogP contribution in [0.4, 0.5) is 0 Å². The van der Waals surface area contributed by atoms with Gasteiger partial charge in [0.05, 0.1) is 14.9 Å². The van der Waals surface area contributed by atoms with E-state index in [0.717, 1.165) is 6.29 Å². The van der Waals surface area contributed by atoms with Gasteiger partial charge in [0, 0.05) is 19.0 Å². The fraction of sp³-hybridized carbons (Fsp3) is 0.462. The molecule has 4 nitrogen and oxygen atoms in total. The molecule has 0 saturated heterocycles. The van der Waals surface area contributed by atoms with Crippen LogP contribution in [0.15, 0.2) is 23.1 Å². The van der Waals surface area contributed by atoms with Gasteiger partial charge in [0.25, 0.3) is 0 Å². The molecule has 0 unspecified atom stereocenters. The van der Waals surface area contributed by atoms with Crippen molar-refractivity contribution in [3.63, 3.8) is 0 Å². The quantitative estimate of drug-likeness (QED) is 0.566. The van der Waals surface area contributed by atoms with Crippen LogP contribution in [0.3, 0.4) is 0 Å². The second kappa shape index (κ2) is 7.41. The van der Waals surface area contributed by atoms with Gasteiger partial charge in [-0.25, -0.2) is 8.42 Å². The minimum Gasteiger partial charge on any atom is -0.303 e. The first kappa shape index (κ1) is 17.4. The van der Waals surface area contributed by atoms with Crippen molar-refractivity contribution in [1.29, 1.82) is 0 Å². The Bertz CT molecular complexity index is 573. The Labute approximate surface area is 129 Å². The molecule has 20 heavy (non-hydrogen) atoms. The summed E-state index contributed by atoms with van der Waals surface area (Å²) in [6.45, 7) is 3.87. The molecule has 0 atom stereocenters. The predicted octanol–water partition coefficient (Wildman–Crippen LogP) is 3.37. The number of nitrogens with zero attached hydrogens (tertiary/aromatic N) is 1. The van der Waals surface area contributed by atoms with E-state index in [1.807, 2.05) is 0 Å². The Morgan fingerprint density at radius 3 is 2.40 bits per heavy atom. The number of benzene rings is 1. The largest absolute Gasteiger partial charge is 0.303 e. The molecular weight excluding hydrogens is 321 g/mol. The van der Waals surface area contributed by atoms with Crippen LogP contribution in [0.2, 0.25) is 10.0 Å². The third-order valence-corrected chi connectivity index (χ3v) is 5.58. The van der Waals surface area contributed by atoms with Gasteiger partial charge in [0.2, 0.25) is 10.0 Å². The van der Waals surface area contributed by atoms with Crippen LogP contribution >= 0.6 is 23.2 Å². The van der Waals surface area contributed by atoms with Crippen molar-refractivity contribution in [3.05, 3.63) is 28.2 Å². The molecule has 0 radical (unpaired) electrons. The fourth-order valence-electron chi connectivity index (χ4n) is 1.76. The first-order valence-electron chi connectivity index (χ1n) is 6.21. The van der Waals surface area contributed by atoms with Crippen molar-refractivity contribution in [1.82, 2.24) is 4.31 Å². The van der Waals surface area contributed by atoms with Gasteiger partial charge < -0.3 is 4.79 Å². The van der Waals surface area contributed by atoms with Crippen molar-refractivity contribution >= 4 is 39.5 Å². The first-order valence-corrected chi connectivity index (χ1v) is 8.41. The van der Waals surface area contributed by atoms with Gasteiger partial charge in [-0.15, -0.1) is 0 Å². The van der Waals surface area contributed by atoms with E-state index in [4.69, 9.17) is 23.2 Å². The lowest BCUT2D eigenvalue weighted by Crippen LogP contribution is -2.37. The lowest BCUT2D eigenvalue weighted by atomic mass is 10.3. The predicted molar refractivity (Wildman–Crippen MR) is 80.8 cm³/mol. The first-order chi connectivity index (χ1) is 9.30. The Hall–Kier alpha value is -0.620. The number of halogens is 2. The third kappa shape index (κ3) is 4.19. The molecule has 1 aromatic carbocycles. The van der Waals surface area contributed by atoms with Crippen LogP contribution in [0.1, 0.15) is 26.7 Å². The maximum absolute atomic E-state index is 12.6. The van der Waals surface area contributed by atoms with Crippen LogP contribution in [0.5, 0.6) is 0 Å². The number of carbonyl (C=O) groups excluding carboxylic acids is 1. The highest BCUT2D eigenvalue weighted by Crippen LogP contribution is 2.27. The standard InChI is InChI=1S/C13H17Cl2NO3S/c1-10(2)16(7-3-4-8-17)20(18,19)11-5-6-12(14)13(15)9-11/h5-6,8-10H,3-4,7H2,1-2H3. The molecule has 0 N–H and O–H groups in total. The van der Waals surface area contributed by atoms with E-state index in [-0.39, 0.29) is 16.0 Å². The number of aldehydes is 1. The zero-order valence-electron chi connectivity index (χ0n) is 11.3. The van der Waals surface area contributed by atoms with Gasteiger partial charge >= 0.3 is 0 Å². The summed E-state index contributed by atoms with van der Waals surface area (Å²) < 4.78 is 26.5. The number of rotatable bonds is 7. The molecular formula is C13H17Cl2NO3S. The molecule has 0 amide bonds. The molecule has 0 bridgehead atoms. The van der Waals surface area contributed by atoms with Crippen molar-refractivity contribution < 1.29 is 13.2 Å². The number of carbonyl (C=O) groups is 1. The Morgan fingerprint density at radius 2 is 1.90 bits per heavy atom. The van der Waals surface area contributed by atoms with E-state index >= 15 is 0 Å². The van der Waals surface area contributed by atoms with E-state index in [2.05, 4.69) is 0 Å². The van der Waals surface area contributed by atoms with E-state index in [0.29, 0.717) is 24.4 Å². The molecule has 112 valence electrons. The summed E-state index contributed by atoms with van der Waals surface area (Å²) in [5, 5.41) is 0.506. The second-order valence-corrected chi connectivity index (χ2v) is 7.30. The average Bonchev–Trinajstić information content (AvgIpc) is 2.37. The molecule has 0 saturated carbocycles. The van der Waals surface area contributed by atoms with E-state index < -0.39 is 10.0 Å². The average molecular weight is 338 g/mol. The number of unbranched alkanes of at least 4 members (excludes halogenated alkanes) is 1. The highest BCUT2D eigenvalue weighted by molar-refractivity contribution is 7.89. The van der Waals surface area contributed by atoms with Crippen molar-refractivity contribution in [2.75, 3.05) is 6.54 Å². The third-order valence-electron chi connectivity index (χ3n) is 2.77. The summed E-state index contributed by atoms with van der Waals surface area (Å²) in [4.78, 5) is 10.5. The SMILES string of the molecule is CC(C)N(CCCC=O)S(=O)(=O)c1ccc(Cl)c(Cl)c1. The lowest BCUT2D eigenvalue weighted by Gasteiger charge is -2.25. The van der Waals surface area contributed by atoms with Gasteiger partial charge in [0.15, 0.2) is 0 Å². The molecule has 0 spiro atoms. The molecule has 0 fully saturated rings. The van der Waals surface area contributed by atoms with Crippen molar-refractivity contribution in [2.45, 2.75) is 37.6 Å². The molecule has 0 aliphatic heterocycles. The van der Waals surface area contributed by atoms with E-state index in [9.17, 15) is 13.2 Å². The van der Waals surface area contributed by atoms with Gasteiger partial charge in [0.1, 0.15) is 6.29 Å². The highest BCUT2D eigenvalue weighted by Gasteiger charge is 2.26. The monoisotopic (exact) mass is 337 g/mol. The Kier molecular flexibility index (Phi) is 6.45. The normalized spacial score (nSPS) is 12.1. The maximum Gasteiger partial charge on any atom is 0.243 e. The molecule has 0 aliphatic rings. The second-order valence-electron chi connectivity index (χ2n) is 4.59. The summed E-state index contributed by atoms with van der Waals surface area (Å²) in [5.41, 5.74) is 0. The van der Waals surface area contributed by atoms with E-state index in [1.165, 1.54) is 22.5 Å². The molecule has 0 aliphatic carbocycles. The zero-order chi connectivity index (χ0) is 15.3. The van der Waals surface area contributed by atoms with Crippen LogP contribution < -0.4 is 0 Å². The molecule has 1 rings (SSSR count). The van der Waals surface area contributed by atoms with Crippen molar-refractivity contribution in [3.8, 4) is 0 Å². The topological polar surface area (TPSA) is 54.5 Å². The number of hydrogen-bond acceptors (Lipinski definition) is 3. The van der Waals surface area contributed by atoms with Gasteiger partial charge in [-0.05, 0) is 38.5 Å². The minimum absolute atomic E-state index is 0.103. The summed E-state index contributed by atoms with van der Waals surface area (Å²) in [5.74, 6) is 0. The minimum atomic E-state index is -3.65. The summed E-state index contributed by atoms with van der Waals surface area (Å²) >= 11 is 11.7. The molecule has 7 heteroatoms. The van der Waals surface area contributed by atoms with Gasteiger partial charge in [-0.2, -0.15) is 4.31 Å². The van der Waals surface area contributed by atoms with Crippen LogP contribution in [0.25, 0.3) is 0 Å². The highest BCUT2D eigenvalue weighted by atomic mass is 35.5. The van der Waals surface area contributed by atoms with Gasteiger partial charge in [-0.1, -0.05) is 23.2 Å². The maximum atomic E-state index is 12.6. The van der Waals surface area contributed by atoms with Crippen LogP contribution in [-0.4, -0.2) is 31.6 Å². The zero-order valence-corrected chi connectivity index (χ0v) is 13.7. The van der Waals surface area contributed by atoms with E-state index in [1.54, 1.807) is 13.8 Å². The summed E-state index contributed by atoms with van der Waals surface area (Å²) in [7, 11) is -3.65. The smallest absolute Gasteiger partial charge is 0.243 e. The summed E-state index contributed by atoms with van der Waals surface area (Å²) in [6, 6.07) is 4.02. The number of hydrogen-bond donors (Lipinski definition) is 0. The fourth-order valence-corrected chi connectivity index (χ4v) is 3.82. The summed E-state index contributed by atoms with van der Waals surface area (Å²) in [6.07, 6.45) is 1.60. The van der Waals surface area contributed by atoms with Gasteiger partial charge in [-0.3, -0.25) is 0 Å². The molecule has 0 aromatic heterocycles. The lowest BCUT2D eigenvalue weighted by molar-refractivity contribution is -0.107. The van der Waals surface area contributed by atoms with Crippen LogP contribution in [-0.2, 0) is 14.8 Å².